The average molecular weight is 334 g/mol. The summed E-state index contributed by atoms with van der Waals surface area (Å²) < 4.78 is 40.5. The summed E-state index contributed by atoms with van der Waals surface area (Å²) in [6.07, 6.45) is -3.05. The molecule has 1 unspecified atom stereocenters. The molecule has 11 heteroatoms. The second-order valence-corrected chi connectivity index (χ2v) is 4.83. The highest BCUT2D eigenvalue weighted by Crippen LogP contribution is 2.19. The number of amides is 2. The lowest BCUT2D eigenvalue weighted by atomic mass is 10.1. The molecular weight excluding hydrogens is 321 g/mol. The van der Waals surface area contributed by atoms with Crippen LogP contribution in [0.15, 0.2) is 12.3 Å². The molecule has 1 fully saturated rings. The van der Waals surface area contributed by atoms with Crippen LogP contribution in [0.5, 0.6) is 6.01 Å². The number of carboxylic acid groups (broad SMARTS) is 1. The van der Waals surface area contributed by atoms with Gasteiger partial charge in [-0.1, -0.05) is 0 Å². The molecule has 2 heterocycles. The van der Waals surface area contributed by atoms with E-state index in [1.807, 2.05) is 0 Å². The van der Waals surface area contributed by atoms with E-state index in [2.05, 4.69) is 20.0 Å². The van der Waals surface area contributed by atoms with E-state index in [-0.39, 0.29) is 18.9 Å². The molecule has 2 amide bonds. The van der Waals surface area contributed by atoms with Crippen molar-refractivity contribution in [2.24, 2.45) is 5.92 Å². The van der Waals surface area contributed by atoms with Gasteiger partial charge in [-0.2, -0.15) is 18.2 Å². The number of halogens is 3. The maximum absolute atomic E-state index is 12.1. The molecule has 126 valence electrons. The summed E-state index contributed by atoms with van der Waals surface area (Å²) in [6, 6.07) is 0.169. The number of hydrogen-bond donors (Lipinski definition) is 2. The van der Waals surface area contributed by atoms with Crippen molar-refractivity contribution in [2.75, 3.05) is 25.0 Å². The lowest BCUT2D eigenvalue weighted by Crippen LogP contribution is -2.34. The first-order chi connectivity index (χ1) is 10.7. The first kappa shape index (κ1) is 16.8. The normalized spacial score (nSPS) is 17.9. The minimum Gasteiger partial charge on any atom is -0.481 e. The van der Waals surface area contributed by atoms with Gasteiger partial charge in [0.25, 0.3) is 0 Å². The van der Waals surface area contributed by atoms with E-state index >= 15 is 0 Å². The van der Waals surface area contributed by atoms with Gasteiger partial charge in [0.05, 0.1) is 5.92 Å². The van der Waals surface area contributed by atoms with Crippen LogP contribution < -0.4 is 10.1 Å². The Morgan fingerprint density at radius 2 is 2.22 bits per heavy atom. The molecule has 1 aromatic rings. The molecule has 2 rings (SSSR count). The molecule has 1 aliphatic rings. The standard InChI is InChI=1S/C12H13F3N4O4/c13-12(14,15)6-23-10-16-3-1-8(17-10)18-11(22)19-4-2-7(5-19)9(20)21/h1,3,7H,2,4-6H2,(H,20,21)(H,16,17,18,22). The van der Waals surface area contributed by atoms with Crippen molar-refractivity contribution < 1.29 is 32.6 Å². The molecule has 1 aliphatic heterocycles. The number of carbonyl (C=O) groups excluding carboxylic acids is 1. The minimum atomic E-state index is -4.52. The number of urea groups is 1. The third kappa shape index (κ3) is 4.97. The van der Waals surface area contributed by atoms with Gasteiger partial charge in [-0.15, -0.1) is 0 Å². The van der Waals surface area contributed by atoms with Gasteiger partial charge in [0.2, 0.25) is 0 Å². The Balaban J connectivity index is 1.92. The van der Waals surface area contributed by atoms with Gasteiger partial charge < -0.3 is 14.7 Å². The number of rotatable bonds is 4. The molecule has 0 spiro atoms. The molecule has 23 heavy (non-hydrogen) atoms. The average Bonchev–Trinajstić information content (AvgIpc) is 2.95. The highest BCUT2D eigenvalue weighted by Gasteiger charge is 2.31. The highest BCUT2D eigenvalue weighted by atomic mass is 19.4. The largest absolute Gasteiger partial charge is 0.481 e. The van der Waals surface area contributed by atoms with Crippen molar-refractivity contribution >= 4 is 17.8 Å². The molecule has 1 atom stereocenters. The molecule has 0 bridgehead atoms. The maximum Gasteiger partial charge on any atom is 0.422 e. The van der Waals surface area contributed by atoms with Crippen molar-refractivity contribution in [1.29, 1.82) is 0 Å². The van der Waals surface area contributed by atoms with Gasteiger partial charge in [-0.25, -0.2) is 9.78 Å². The van der Waals surface area contributed by atoms with Gasteiger partial charge in [-0.3, -0.25) is 10.1 Å². The summed E-state index contributed by atoms with van der Waals surface area (Å²) in [4.78, 5) is 31.2. The van der Waals surface area contributed by atoms with Crippen LogP contribution in [0.1, 0.15) is 6.42 Å². The second-order valence-electron chi connectivity index (χ2n) is 4.83. The molecular formula is C12H13F3N4O4. The smallest absolute Gasteiger partial charge is 0.422 e. The fourth-order valence-electron chi connectivity index (χ4n) is 1.96. The van der Waals surface area contributed by atoms with Crippen molar-refractivity contribution in [2.45, 2.75) is 12.6 Å². The second kappa shape index (κ2) is 6.67. The number of hydrogen-bond acceptors (Lipinski definition) is 5. The lowest BCUT2D eigenvalue weighted by molar-refractivity contribution is -0.154. The van der Waals surface area contributed by atoms with E-state index < -0.39 is 36.7 Å². The van der Waals surface area contributed by atoms with Gasteiger partial charge >= 0.3 is 24.2 Å². The quantitative estimate of drug-likeness (QED) is 0.861. The fraction of sp³-hybridized carbons (Fsp3) is 0.500. The van der Waals surface area contributed by atoms with Crippen LogP contribution in [-0.2, 0) is 4.79 Å². The molecule has 1 saturated heterocycles. The highest BCUT2D eigenvalue weighted by molar-refractivity contribution is 5.89. The van der Waals surface area contributed by atoms with Gasteiger partial charge in [0, 0.05) is 19.3 Å². The SMILES string of the molecule is O=C(O)C1CCN(C(=O)Nc2ccnc(OCC(F)(F)F)n2)C1. The Morgan fingerprint density at radius 1 is 1.48 bits per heavy atom. The van der Waals surface area contributed by atoms with Gasteiger partial charge in [0.15, 0.2) is 6.61 Å². The number of aromatic nitrogens is 2. The number of alkyl halides is 3. The third-order valence-electron chi connectivity index (χ3n) is 3.06. The molecule has 2 N–H and O–H groups in total. The van der Waals surface area contributed by atoms with Crippen LogP contribution in [0.25, 0.3) is 0 Å². The number of nitrogens with one attached hydrogen (secondary N) is 1. The zero-order valence-electron chi connectivity index (χ0n) is 11.7. The maximum atomic E-state index is 12.1. The zero-order valence-corrected chi connectivity index (χ0v) is 11.7. The summed E-state index contributed by atoms with van der Waals surface area (Å²) in [5, 5.41) is 11.2. The van der Waals surface area contributed by atoms with Gasteiger partial charge in [0.1, 0.15) is 5.82 Å². The van der Waals surface area contributed by atoms with E-state index in [0.717, 1.165) is 6.20 Å². The summed E-state index contributed by atoms with van der Waals surface area (Å²) in [7, 11) is 0. The monoisotopic (exact) mass is 334 g/mol. The van der Waals surface area contributed by atoms with Crippen LogP contribution >= 0.6 is 0 Å². The summed E-state index contributed by atoms with van der Waals surface area (Å²) in [6.45, 7) is -1.22. The Bertz CT molecular complexity index is 596. The summed E-state index contributed by atoms with van der Waals surface area (Å²) >= 11 is 0. The van der Waals surface area contributed by atoms with E-state index in [1.165, 1.54) is 11.0 Å². The first-order valence-corrected chi connectivity index (χ1v) is 6.56. The Hall–Kier alpha value is -2.59. The number of carboxylic acids is 1. The van der Waals surface area contributed by atoms with Crippen molar-refractivity contribution in [1.82, 2.24) is 14.9 Å². The van der Waals surface area contributed by atoms with Crippen LogP contribution in [0.3, 0.4) is 0 Å². The van der Waals surface area contributed by atoms with E-state index in [9.17, 15) is 22.8 Å². The van der Waals surface area contributed by atoms with Crippen molar-refractivity contribution in [3.8, 4) is 6.01 Å². The number of nitrogens with zero attached hydrogens (tertiary/aromatic N) is 3. The van der Waals surface area contributed by atoms with E-state index in [0.29, 0.717) is 6.42 Å². The predicted octanol–water partition coefficient (Wildman–Crippen LogP) is 1.36. The number of aliphatic carboxylic acids is 1. The number of carbonyl (C=O) groups is 2. The van der Waals surface area contributed by atoms with Crippen LogP contribution in [0.4, 0.5) is 23.8 Å². The van der Waals surface area contributed by atoms with Gasteiger partial charge in [-0.05, 0) is 12.5 Å². The predicted molar refractivity (Wildman–Crippen MR) is 69.9 cm³/mol. The Labute approximate surface area is 128 Å². The molecule has 0 aromatic carbocycles. The Kier molecular flexibility index (Phi) is 4.86. The first-order valence-electron chi connectivity index (χ1n) is 6.56. The fourth-order valence-corrected chi connectivity index (χ4v) is 1.96. The topological polar surface area (TPSA) is 105 Å². The lowest BCUT2D eigenvalue weighted by Gasteiger charge is -2.16. The molecule has 0 saturated carbocycles. The zero-order chi connectivity index (χ0) is 17.0. The number of likely N-dealkylation sites (tertiary alicyclic amines) is 1. The van der Waals surface area contributed by atoms with Crippen molar-refractivity contribution in [3.05, 3.63) is 12.3 Å². The van der Waals surface area contributed by atoms with E-state index in [4.69, 9.17) is 5.11 Å². The molecule has 0 radical (unpaired) electrons. The number of ether oxygens (including phenoxy) is 1. The molecule has 1 aromatic heterocycles. The molecule has 0 aliphatic carbocycles. The third-order valence-corrected chi connectivity index (χ3v) is 3.06. The molecule has 8 nitrogen and oxygen atoms in total. The minimum absolute atomic E-state index is 0.0408. The van der Waals surface area contributed by atoms with E-state index in [1.54, 1.807) is 0 Å². The summed E-state index contributed by atoms with van der Waals surface area (Å²) in [5.74, 6) is -1.65. The number of anilines is 1. The van der Waals surface area contributed by atoms with Crippen LogP contribution in [0, 0.1) is 5.92 Å². The Morgan fingerprint density at radius 3 is 2.83 bits per heavy atom. The van der Waals surface area contributed by atoms with Crippen molar-refractivity contribution in [3.63, 3.8) is 0 Å². The van der Waals surface area contributed by atoms with Crippen LogP contribution in [-0.4, -0.2) is 57.8 Å². The summed E-state index contributed by atoms with van der Waals surface area (Å²) in [5.41, 5.74) is 0. The van der Waals surface area contributed by atoms with Crippen LogP contribution in [0.2, 0.25) is 0 Å².